The zero-order chi connectivity index (χ0) is 12.5. The smallest absolute Gasteiger partial charge is 0.324 e. The minimum atomic E-state index is -4.51. The van der Waals surface area contributed by atoms with E-state index in [4.69, 9.17) is 5.73 Å². The molecule has 2 N–H and O–H groups in total. The van der Waals surface area contributed by atoms with Gasteiger partial charge in [-0.15, -0.1) is 0 Å². The van der Waals surface area contributed by atoms with Crippen LogP contribution in [0, 0.1) is 18.6 Å². The molecule has 90 valence electrons. The predicted octanol–water partition coefficient (Wildman–Crippen LogP) is 3.23. The number of hydrogen-bond donors (Lipinski definition) is 1. The molecule has 0 unspecified atom stereocenters. The van der Waals surface area contributed by atoms with E-state index in [0.717, 1.165) is 6.07 Å². The SMILES string of the molecule is Cc1ccc([C@H](N)CC(F)(F)F)c(F)c1F. The molecule has 0 bridgehead atoms. The van der Waals surface area contributed by atoms with E-state index in [1.165, 1.54) is 13.0 Å². The summed E-state index contributed by atoms with van der Waals surface area (Å²) in [5.74, 6) is -2.47. The second-order valence-corrected chi connectivity index (χ2v) is 3.53. The average Bonchev–Trinajstić information content (AvgIpc) is 2.11. The van der Waals surface area contributed by atoms with Crippen molar-refractivity contribution in [1.82, 2.24) is 0 Å². The summed E-state index contributed by atoms with van der Waals surface area (Å²) in [5, 5.41) is 0. The molecular weight excluding hydrogens is 229 g/mol. The molecule has 0 saturated heterocycles. The molecule has 6 heteroatoms. The average molecular weight is 239 g/mol. The molecule has 1 aromatic rings. The summed E-state index contributed by atoms with van der Waals surface area (Å²) in [7, 11) is 0. The number of nitrogens with two attached hydrogens (primary N) is 1. The van der Waals surface area contributed by atoms with Crippen LogP contribution >= 0.6 is 0 Å². The monoisotopic (exact) mass is 239 g/mol. The number of rotatable bonds is 2. The van der Waals surface area contributed by atoms with Gasteiger partial charge < -0.3 is 5.73 Å². The van der Waals surface area contributed by atoms with Gasteiger partial charge in [0.15, 0.2) is 11.6 Å². The number of hydrogen-bond acceptors (Lipinski definition) is 1. The lowest BCUT2D eigenvalue weighted by atomic mass is 10.0. The molecule has 1 nitrogen and oxygen atoms in total. The molecule has 0 saturated carbocycles. The predicted molar refractivity (Wildman–Crippen MR) is 48.7 cm³/mol. The lowest BCUT2D eigenvalue weighted by Crippen LogP contribution is -2.21. The summed E-state index contributed by atoms with van der Waals surface area (Å²) >= 11 is 0. The van der Waals surface area contributed by atoms with E-state index in [9.17, 15) is 22.0 Å². The first-order valence-corrected chi connectivity index (χ1v) is 4.49. The van der Waals surface area contributed by atoms with E-state index < -0.39 is 35.8 Å². The standard InChI is InChI=1S/C10H10F5N/c1-5-2-3-6(9(12)8(5)11)7(16)4-10(13,14)15/h2-3,7H,4,16H2,1H3/t7-/m1/s1. The number of alkyl halides is 3. The van der Waals surface area contributed by atoms with Crippen molar-refractivity contribution in [3.8, 4) is 0 Å². The van der Waals surface area contributed by atoms with Crippen molar-refractivity contribution in [1.29, 1.82) is 0 Å². The Balaban J connectivity index is 3.01. The highest BCUT2D eigenvalue weighted by atomic mass is 19.4. The van der Waals surface area contributed by atoms with Crippen LogP contribution < -0.4 is 5.73 Å². The lowest BCUT2D eigenvalue weighted by molar-refractivity contribution is -0.138. The summed E-state index contributed by atoms with van der Waals surface area (Å²) in [5.41, 5.74) is 4.74. The molecule has 0 radical (unpaired) electrons. The third-order valence-corrected chi connectivity index (χ3v) is 2.16. The lowest BCUT2D eigenvalue weighted by Gasteiger charge is -2.15. The van der Waals surface area contributed by atoms with Crippen LogP contribution in [0.4, 0.5) is 22.0 Å². The molecule has 0 aromatic heterocycles. The zero-order valence-corrected chi connectivity index (χ0v) is 8.41. The molecule has 0 aliphatic rings. The Hall–Kier alpha value is -1.17. The molecule has 0 fully saturated rings. The van der Waals surface area contributed by atoms with Crippen LogP contribution in [0.25, 0.3) is 0 Å². The Morgan fingerprint density at radius 2 is 1.75 bits per heavy atom. The van der Waals surface area contributed by atoms with Gasteiger partial charge in [0.1, 0.15) is 0 Å². The molecule has 16 heavy (non-hydrogen) atoms. The minimum Gasteiger partial charge on any atom is -0.324 e. The highest BCUT2D eigenvalue weighted by Crippen LogP contribution is 2.30. The molecule has 1 aromatic carbocycles. The maximum absolute atomic E-state index is 13.3. The van der Waals surface area contributed by atoms with Crippen molar-refractivity contribution in [2.75, 3.05) is 0 Å². The fraction of sp³-hybridized carbons (Fsp3) is 0.400. The normalized spacial score (nSPS) is 13.9. The fourth-order valence-corrected chi connectivity index (χ4v) is 1.31. The Labute approximate surface area is 89.1 Å². The summed E-state index contributed by atoms with van der Waals surface area (Å²) in [4.78, 5) is 0. The van der Waals surface area contributed by atoms with Crippen LogP contribution in [-0.4, -0.2) is 6.18 Å². The fourth-order valence-electron chi connectivity index (χ4n) is 1.31. The highest BCUT2D eigenvalue weighted by Gasteiger charge is 2.32. The van der Waals surface area contributed by atoms with Crippen molar-refractivity contribution in [2.45, 2.75) is 25.6 Å². The number of halogens is 5. The Bertz CT molecular complexity index is 386. The van der Waals surface area contributed by atoms with Crippen LogP contribution in [0.3, 0.4) is 0 Å². The van der Waals surface area contributed by atoms with E-state index in [0.29, 0.717) is 0 Å². The molecule has 0 heterocycles. The topological polar surface area (TPSA) is 26.0 Å². The highest BCUT2D eigenvalue weighted by molar-refractivity contribution is 5.27. The van der Waals surface area contributed by atoms with Gasteiger partial charge in [-0.25, -0.2) is 8.78 Å². The van der Waals surface area contributed by atoms with Gasteiger partial charge >= 0.3 is 6.18 Å². The number of benzene rings is 1. The largest absolute Gasteiger partial charge is 0.390 e. The van der Waals surface area contributed by atoms with Crippen LogP contribution in [0.2, 0.25) is 0 Å². The Morgan fingerprint density at radius 1 is 1.19 bits per heavy atom. The van der Waals surface area contributed by atoms with E-state index in [-0.39, 0.29) is 5.56 Å². The molecule has 0 aliphatic carbocycles. The summed E-state index contributed by atoms with van der Waals surface area (Å²) in [6.07, 6.45) is -5.89. The van der Waals surface area contributed by atoms with E-state index in [1.54, 1.807) is 0 Å². The summed E-state index contributed by atoms with van der Waals surface area (Å²) in [6, 6.07) is 0.684. The van der Waals surface area contributed by atoms with Gasteiger partial charge in [0, 0.05) is 11.6 Å². The first-order chi connectivity index (χ1) is 7.22. The first kappa shape index (κ1) is 12.9. The van der Waals surface area contributed by atoms with Gasteiger partial charge in [0.25, 0.3) is 0 Å². The zero-order valence-electron chi connectivity index (χ0n) is 8.41. The van der Waals surface area contributed by atoms with E-state index in [2.05, 4.69) is 0 Å². The molecular formula is C10H10F5N. The molecule has 1 atom stereocenters. The first-order valence-electron chi connectivity index (χ1n) is 4.49. The maximum Gasteiger partial charge on any atom is 0.390 e. The van der Waals surface area contributed by atoms with Crippen LogP contribution in [-0.2, 0) is 0 Å². The van der Waals surface area contributed by atoms with Crippen LogP contribution in [0.5, 0.6) is 0 Å². The van der Waals surface area contributed by atoms with Crippen LogP contribution in [0.15, 0.2) is 12.1 Å². The van der Waals surface area contributed by atoms with Crippen molar-refractivity contribution in [3.63, 3.8) is 0 Å². The molecule has 0 amide bonds. The second-order valence-electron chi connectivity index (χ2n) is 3.53. The second kappa shape index (κ2) is 4.37. The van der Waals surface area contributed by atoms with E-state index in [1.807, 2.05) is 0 Å². The van der Waals surface area contributed by atoms with Crippen molar-refractivity contribution < 1.29 is 22.0 Å². The Morgan fingerprint density at radius 3 is 2.25 bits per heavy atom. The van der Waals surface area contributed by atoms with Gasteiger partial charge in [-0.05, 0) is 12.5 Å². The van der Waals surface area contributed by atoms with Gasteiger partial charge in [-0.3, -0.25) is 0 Å². The third-order valence-electron chi connectivity index (χ3n) is 2.16. The van der Waals surface area contributed by atoms with Crippen LogP contribution in [0.1, 0.15) is 23.6 Å². The van der Waals surface area contributed by atoms with Crippen molar-refractivity contribution in [2.24, 2.45) is 5.73 Å². The Kier molecular flexibility index (Phi) is 3.52. The third kappa shape index (κ3) is 2.91. The molecule has 0 aliphatic heterocycles. The van der Waals surface area contributed by atoms with E-state index >= 15 is 0 Å². The quantitative estimate of drug-likeness (QED) is 0.788. The van der Waals surface area contributed by atoms with Crippen molar-refractivity contribution >= 4 is 0 Å². The number of aryl methyl sites for hydroxylation is 1. The minimum absolute atomic E-state index is 0.0282. The van der Waals surface area contributed by atoms with Gasteiger partial charge in [-0.1, -0.05) is 12.1 Å². The molecule has 1 rings (SSSR count). The summed E-state index contributed by atoms with van der Waals surface area (Å²) < 4.78 is 62.4. The van der Waals surface area contributed by atoms with Gasteiger partial charge in [0.05, 0.1) is 6.42 Å². The summed E-state index contributed by atoms with van der Waals surface area (Å²) in [6.45, 7) is 1.32. The maximum atomic E-state index is 13.3. The van der Waals surface area contributed by atoms with Gasteiger partial charge in [-0.2, -0.15) is 13.2 Å². The molecule has 0 spiro atoms. The van der Waals surface area contributed by atoms with Gasteiger partial charge in [0.2, 0.25) is 0 Å². The van der Waals surface area contributed by atoms with Crippen molar-refractivity contribution in [3.05, 3.63) is 34.9 Å².